The van der Waals surface area contributed by atoms with Crippen LogP contribution >= 0.6 is 0 Å². The van der Waals surface area contributed by atoms with Crippen LogP contribution in [-0.4, -0.2) is 42.3 Å². The van der Waals surface area contributed by atoms with E-state index in [4.69, 9.17) is 0 Å². The lowest BCUT2D eigenvalue weighted by molar-refractivity contribution is 0.404. The third kappa shape index (κ3) is 4.81. The normalized spacial score (nSPS) is 22.8. The first-order chi connectivity index (χ1) is 9.89. The van der Waals surface area contributed by atoms with Gasteiger partial charge in [-0.05, 0) is 45.2 Å². The highest BCUT2D eigenvalue weighted by Crippen LogP contribution is 2.24. The number of rotatable bonds is 7. The van der Waals surface area contributed by atoms with Gasteiger partial charge in [0.25, 0.3) is 0 Å². The number of hydrogen-bond donors (Lipinski definition) is 1. The zero-order chi connectivity index (χ0) is 15.5. The lowest BCUT2D eigenvalue weighted by Crippen LogP contribution is -2.33. The van der Waals surface area contributed by atoms with Crippen LogP contribution in [0.4, 0.5) is 0 Å². The Hall–Kier alpha value is -0.880. The molecule has 1 aromatic heterocycles. The molecule has 2 unspecified atom stereocenters. The molecule has 0 aromatic carbocycles. The average molecular weight is 313 g/mol. The Labute approximate surface area is 128 Å². The van der Waals surface area contributed by atoms with Crippen LogP contribution in [0.15, 0.2) is 12.3 Å². The van der Waals surface area contributed by atoms with Gasteiger partial charge in [-0.15, -0.1) is 0 Å². The summed E-state index contributed by atoms with van der Waals surface area (Å²) in [6, 6.07) is 2.75. The molecule has 0 radical (unpaired) electrons. The summed E-state index contributed by atoms with van der Waals surface area (Å²) < 4.78 is 25.1. The second-order valence-electron chi connectivity index (χ2n) is 6.34. The summed E-state index contributed by atoms with van der Waals surface area (Å²) in [5, 5.41) is 8.07. The molecular weight excluding hydrogens is 286 g/mol. The predicted molar refractivity (Wildman–Crippen MR) is 85.2 cm³/mol. The van der Waals surface area contributed by atoms with Crippen molar-refractivity contribution in [2.45, 2.75) is 52.1 Å². The van der Waals surface area contributed by atoms with E-state index in [1.165, 1.54) is 0 Å². The van der Waals surface area contributed by atoms with E-state index >= 15 is 0 Å². The Morgan fingerprint density at radius 3 is 2.76 bits per heavy atom. The minimum Gasteiger partial charge on any atom is -0.314 e. The third-order valence-corrected chi connectivity index (χ3v) is 5.92. The van der Waals surface area contributed by atoms with Gasteiger partial charge in [-0.1, -0.05) is 6.92 Å². The number of aromatic nitrogens is 2. The standard InChI is InChI=1S/C15H27N3O2S/c1-4-16-15(9-13-6-8-21(19,20)11-13)10-14-5-7-18(17-14)12(2)3/h5,7,12-13,15-16H,4,6,8-11H2,1-3H3. The Kier molecular flexibility index (Phi) is 5.43. The highest BCUT2D eigenvalue weighted by molar-refractivity contribution is 7.91. The molecule has 0 aliphatic carbocycles. The van der Waals surface area contributed by atoms with Crippen LogP contribution in [0.2, 0.25) is 0 Å². The monoisotopic (exact) mass is 313 g/mol. The quantitative estimate of drug-likeness (QED) is 0.834. The Bertz CT molecular complexity index is 551. The van der Waals surface area contributed by atoms with E-state index in [1.54, 1.807) is 0 Å². The topological polar surface area (TPSA) is 64.0 Å². The van der Waals surface area contributed by atoms with E-state index < -0.39 is 9.84 Å². The lowest BCUT2D eigenvalue weighted by atomic mass is 9.96. The highest BCUT2D eigenvalue weighted by Gasteiger charge is 2.29. The van der Waals surface area contributed by atoms with Crippen molar-refractivity contribution in [2.75, 3.05) is 18.1 Å². The van der Waals surface area contributed by atoms with Crippen molar-refractivity contribution in [3.63, 3.8) is 0 Å². The van der Waals surface area contributed by atoms with Crippen molar-refractivity contribution in [2.24, 2.45) is 5.92 Å². The van der Waals surface area contributed by atoms with Gasteiger partial charge in [-0.25, -0.2) is 8.42 Å². The number of hydrogen-bond acceptors (Lipinski definition) is 4. The van der Waals surface area contributed by atoms with Crippen molar-refractivity contribution in [3.05, 3.63) is 18.0 Å². The van der Waals surface area contributed by atoms with Crippen molar-refractivity contribution >= 4 is 9.84 Å². The molecule has 0 bridgehead atoms. The van der Waals surface area contributed by atoms with Crippen molar-refractivity contribution in [3.8, 4) is 0 Å². The second-order valence-corrected chi connectivity index (χ2v) is 8.57. The number of nitrogens with one attached hydrogen (secondary N) is 1. The van der Waals surface area contributed by atoms with Crippen molar-refractivity contribution in [1.82, 2.24) is 15.1 Å². The molecule has 1 saturated heterocycles. The molecule has 0 saturated carbocycles. The zero-order valence-corrected chi connectivity index (χ0v) is 14.1. The van der Waals surface area contributed by atoms with Crippen LogP contribution in [0.1, 0.15) is 45.3 Å². The van der Waals surface area contributed by atoms with Gasteiger partial charge in [0, 0.05) is 24.7 Å². The molecule has 21 heavy (non-hydrogen) atoms. The summed E-state index contributed by atoms with van der Waals surface area (Å²) in [5.41, 5.74) is 1.08. The van der Waals surface area contributed by atoms with Gasteiger partial charge in [-0.2, -0.15) is 5.10 Å². The Morgan fingerprint density at radius 2 is 2.24 bits per heavy atom. The van der Waals surface area contributed by atoms with Crippen molar-refractivity contribution in [1.29, 1.82) is 0 Å². The summed E-state index contributed by atoms with van der Waals surface area (Å²) in [5.74, 6) is 1.01. The van der Waals surface area contributed by atoms with E-state index in [0.717, 1.165) is 31.5 Å². The van der Waals surface area contributed by atoms with Gasteiger partial charge in [-0.3, -0.25) is 4.68 Å². The van der Waals surface area contributed by atoms with E-state index in [9.17, 15) is 8.42 Å². The van der Waals surface area contributed by atoms with E-state index in [2.05, 4.69) is 37.3 Å². The molecule has 0 spiro atoms. The number of nitrogens with zero attached hydrogens (tertiary/aromatic N) is 2. The molecule has 1 aliphatic rings. The molecule has 2 heterocycles. The fraction of sp³-hybridized carbons (Fsp3) is 0.800. The smallest absolute Gasteiger partial charge is 0.150 e. The summed E-state index contributed by atoms with van der Waals surface area (Å²) in [7, 11) is -2.78. The molecule has 1 aliphatic heterocycles. The average Bonchev–Trinajstić information content (AvgIpc) is 2.96. The van der Waals surface area contributed by atoms with Crippen molar-refractivity contribution < 1.29 is 8.42 Å². The Morgan fingerprint density at radius 1 is 1.48 bits per heavy atom. The number of sulfone groups is 1. The van der Waals surface area contributed by atoms with E-state index in [-0.39, 0.29) is 0 Å². The second kappa shape index (κ2) is 6.92. The molecular formula is C15H27N3O2S. The predicted octanol–water partition coefficient (Wildman–Crippen LogP) is 1.81. The van der Waals surface area contributed by atoms with Crippen LogP contribution in [0.25, 0.3) is 0 Å². The molecule has 0 amide bonds. The van der Waals surface area contributed by atoms with E-state index in [1.807, 2.05) is 10.9 Å². The highest BCUT2D eigenvalue weighted by atomic mass is 32.2. The first-order valence-corrected chi connectivity index (χ1v) is 9.69. The molecule has 2 atom stereocenters. The van der Waals surface area contributed by atoms with Crippen LogP contribution in [0.5, 0.6) is 0 Å². The third-order valence-electron chi connectivity index (χ3n) is 4.09. The van der Waals surface area contributed by atoms with E-state index in [0.29, 0.717) is 29.5 Å². The van der Waals surface area contributed by atoms with Gasteiger partial charge >= 0.3 is 0 Å². The minimum absolute atomic E-state index is 0.297. The molecule has 1 aromatic rings. The first kappa shape index (κ1) is 16.5. The van der Waals surface area contributed by atoms with Crippen LogP contribution in [-0.2, 0) is 16.3 Å². The van der Waals surface area contributed by atoms with Crippen LogP contribution in [0.3, 0.4) is 0 Å². The maximum Gasteiger partial charge on any atom is 0.150 e. The molecule has 1 fully saturated rings. The van der Waals surface area contributed by atoms with Gasteiger partial charge in [0.2, 0.25) is 0 Å². The molecule has 5 nitrogen and oxygen atoms in total. The van der Waals surface area contributed by atoms with Gasteiger partial charge in [0.15, 0.2) is 9.84 Å². The van der Waals surface area contributed by atoms with Crippen LogP contribution < -0.4 is 5.32 Å². The fourth-order valence-electron chi connectivity index (χ4n) is 3.01. The van der Waals surface area contributed by atoms with Gasteiger partial charge in [0.05, 0.1) is 17.2 Å². The minimum atomic E-state index is -2.78. The zero-order valence-electron chi connectivity index (χ0n) is 13.2. The molecule has 2 rings (SSSR count). The van der Waals surface area contributed by atoms with Gasteiger partial charge < -0.3 is 5.32 Å². The number of likely N-dealkylation sites (N-methyl/N-ethyl adjacent to an activating group) is 1. The largest absolute Gasteiger partial charge is 0.314 e. The summed E-state index contributed by atoms with van der Waals surface area (Å²) in [6.07, 6.45) is 4.61. The summed E-state index contributed by atoms with van der Waals surface area (Å²) in [4.78, 5) is 0. The summed E-state index contributed by atoms with van der Waals surface area (Å²) >= 11 is 0. The Balaban J connectivity index is 1.95. The summed E-state index contributed by atoms with van der Waals surface area (Å²) in [6.45, 7) is 7.21. The van der Waals surface area contributed by atoms with Crippen LogP contribution in [0, 0.1) is 5.92 Å². The lowest BCUT2D eigenvalue weighted by Gasteiger charge is -2.20. The maximum atomic E-state index is 11.6. The fourth-order valence-corrected chi connectivity index (χ4v) is 4.89. The molecule has 1 N–H and O–H groups in total. The molecule has 6 heteroatoms. The maximum absolute atomic E-state index is 11.6. The molecule has 120 valence electrons. The SMILES string of the molecule is CCNC(Cc1ccn(C(C)C)n1)CC1CCS(=O)(=O)C1. The van der Waals surface area contributed by atoms with Gasteiger partial charge in [0.1, 0.15) is 0 Å². The first-order valence-electron chi connectivity index (χ1n) is 7.87.